The second-order valence-corrected chi connectivity index (χ2v) is 2.57. The Morgan fingerprint density at radius 3 is 2.50 bits per heavy atom. The molecule has 0 spiro atoms. The summed E-state index contributed by atoms with van der Waals surface area (Å²) in [6, 6.07) is 0. The summed E-state index contributed by atoms with van der Waals surface area (Å²) >= 11 is 3.82. The standard InChI is InChI=1S/C8H12N2OS/c1-9-7(6-12)8(11)4-5-10(2)3/h4-6,12H,1H2,2-3H3/b5-4+,7-6-. The highest BCUT2D eigenvalue weighted by Crippen LogP contribution is 2.00. The Balaban J connectivity index is 4.31. The molecule has 66 valence electrons. The number of carbonyl (C=O) groups excluding carboxylic acids is 1. The van der Waals surface area contributed by atoms with Crippen molar-refractivity contribution in [2.24, 2.45) is 4.99 Å². The molecule has 0 heterocycles. The molecule has 0 aliphatic rings. The number of thiol groups is 1. The van der Waals surface area contributed by atoms with Crippen LogP contribution in [0.3, 0.4) is 0 Å². The van der Waals surface area contributed by atoms with Gasteiger partial charge in [0, 0.05) is 26.4 Å². The van der Waals surface area contributed by atoms with Crippen LogP contribution in [0.5, 0.6) is 0 Å². The van der Waals surface area contributed by atoms with E-state index in [2.05, 4.69) is 24.3 Å². The summed E-state index contributed by atoms with van der Waals surface area (Å²) in [5, 5.41) is 1.33. The number of ketones is 1. The summed E-state index contributed by atoms with van der Waals surface area (Å²) in [7, 11) is 3.66. The van der Waals surface area contributed by atoms with Gasteiger partial charge in [-0.05, 0) is 12.1 Å². The highest BCUT2D eigenvalue weighted by molar-refractivity contribution is 7.83. The van der Waals surface area contributed by atoms with Crippen molar-refractivity contribution < 1.29 is 4.79 Å². The monoisotopic (exact) mass is 184 g/mol. The topological polar surface area (TPSA) is 32.7 Å². The van der Waals surface area contributed by atoms with Gasteiger partial charge in [-0.2, -0.15) is 0 Å². The van der Waals surface area contributed by atoms with Gasteiger partial charge in [-0.1, -0.05) is 0 Å². The van der Waals surface area contributed by atoms with Gasteiger partial charge >= 0.3 is 0 Å². The van der Waals surface area contributed by atoms with Gasteiger partial charge in [0.1, 0.15) is 5.70 Å². The van der Waals surface area contributed by atoms with Crippen LogP contribution in [0, 0.1) is 0 Å². The number of aliphatic imine (C=N–C) groups is 1. The second-order valence-electron chi connectivity index (χ2n) is 2.32. The van der Waals surface area contributed by atoms with E-state index < -0.39 is 0 Å². The first kappa shape index (κ1) is 11.0. The molecule has 0 rings (SSSR count). The van der Waals surface area contributed by atoms with Crippen molar-refractivity contribution in [2.45, 2.75) is 0 Å². The fourth-order valence-corrected chi connectivity index (χ4v) is 0.693. The number of hydrogen-bond acceptors (Lipinski definition) is 4. The molecule has 0 N–H and O–H groups in total. The largest absolute Gasteiger partial charge is 0.383 e. The molecule has 0 aromatic heterocycles. The molecule has 0 aromatic carbocycles. The Labute approximate surface area is 77.9 Å². The average Bonchev–Trinajstić information content (AvgIpc) is 2.03. The number of carbonyl (C=O) groups is 1. The quantitative estimate of drug-likeness (QED) is 0.403. The van der Waals surface area contributed by atoms with E-state index in [0.717, 1.165) is 0 Å². The number of allylic oxidation sites excluding steroid dienone is 1. The van der Waals surface area contributed by atoms with E-state index in [9.17, 15) is 4.79 Å². The molecule has 0 aliphatic heterocycles. The van der Waals surface area contributed by atoms with E-state index in [1.807, 2.05) is 14.1 Å². The summed E-state index contributed by atoms with van der Waals surface area (Å²) in [6.07, 6.45) is 3.06. The van der Waals surface area contributed by atoms with E-state index in [1.54, 1.807) is 11.1 Å². The fourth-order valence-electron chi connectivity index (χ4n) is 0.485. The highest BCUT2D eigenvalue weighted by atomic mass is 32.1. The summed E-state index contributed by atoms with van der Waals surface area (Å²) in [5.74, 6) is -0.200. The molecule has 0 amide bonds. The lowest BCUT2D eigenvalue weighted by molar-refractivity contribution is -0.111. The van der Waals surface area contributed by atoms with Crippen molar-refractivity contribution in [3.63, 3.8) is 0 Å². The zero-order chi connectivity index (χ0) is 9.56. The lowest BCUT2D eigenvalue weighted by Gasteiger charge is -2.02. The van der Waals surface area contributed by atoms with Crippen LogP contribution in [0.2, 0.25) is 0 Å². The highest BCUT2D eigenvalue weighted by Gasteiger charge is 2.00. The normalized spacial score (nSPS) is 11.8. The van der Waals surface area contributed by atoms with Gasteiger partial charge in [0.15, 0.2) is 0 Å². The smallest absolute Gasteiger partial charge is 0.206 e. The third kappa shape index (κ3) is 3.98. The van der Waals surface area contributed by atoms with Crippen LogP contribution in [-0.4, -0.2) is 31.5 Å². The first-order chi connectivity index (χ1) is 5.61. The second kappa shape index (κ2) is 5.60. The van der Waals surface area contributed by atoms with Crippen LogP contribution >= 0.6 is 12.6 Å². The van der Waals surface area contributed by atoms with E-state index in [4.69, 9.17) is 0 Å². The third-order valence-corrected chi connectivity index (χ3v) is 1.31. The molecule has 3 nitrogen and oxygen atoms in total. The molecule has 0 radical (unpaired) electrons. The molecular weight excluding hydrogens is 172 g/mol. The molecule has 0 fully saturated rings. The van der Waals surface area contributed by atoms with Crippen LogP contribution in [0.15, 0.2) is 28.4 Å². The average molecular weight is 184 g/mol. The van der Waals surface area contributed by atoms with E-state index >= 15 is 0 Å². The van der Waals surface area contributed by atoms with Crippen LogP contribution in [0.1, 0.15) is 0 Å². The predicted molar refractivity (Wildman–Crippen MR) is 54.5 cm³/mol. The Morgan fingerprint density at radius 1 is 1.58 bits per heavy atom. The molecule has 12 heavy (non-hydrogen) atoms. The van der Waals surface area contributed by atoms with Crippen LogP contribution in [-0.2, 0) is 4.79 Å². The Morgan fingerprint density at radius 2 is 2.17 bits per heavy atom. The maximum Gasteiger partial charge on any atom is 0.206 e. The molecule has 0 aromatic rings. The van der Waals surface area contributed by atoms with Gasteiger partial charge in [-0.3, -0.25) is 9.79 Å². The first-order valence-electron chi connectivity index (χ1n) is 3.32. The van der Waals surface area contributed by atoms with Crippen molar-refractivity contribution in [1.29, 1.82) is 0 Å². The minimum absolute atomic E-state index is 0.200. The van der Waals surface area contributed by atoms with Gasteiger partial charge in [-0.25, -0.2) is 0 Å². The lowest BCUT2D eigenvalue weighted by Crippen LogP contribution is -2.03. The lowest BCUT2D eigenvalue weighted by atomic mass is 10.3. The summed E-state index contributed by atoms with van der Waals surface area (Å²) in [5.41, 5.74) is 0.247. The van der Waals surface area contributed by atoms with Crippen molar-refractivity contribution in [2.75, 3.05) is 14.1 Å². The van der Waals surface area contributed by atoms with Gasteiger partial charge in [0.2, 0.25) is 5.78 Å². The molecule has 0 saturated heterocycles. The molecule has 0 saturated carbocycles. The molecule has 0 bridgehead atoms. The number of nitrogens with zero attached hydrogens (tertiary/aromatic N) is 2. The summed E-state index contributed by atoms with van der Waals surface area (Å²) in [4.78, 5) is 16.4. The van der Waals surface area contributed by atoms with Gasteiger partial charge < -0.3 is 4.90 Å². The van der Waals surface area contributed by atoms with Gasteiger partial charge in [-0.15, -0.1) is 12.6 Å². The Kier molecular flexibility index (Phi) is 5.12. The van der Waals surface area contributed by atoms with Crippen molar-refractivity contribution in [3.05, 3.63) is 23.4 Å². The van der Waals surface area contributed by atoms with E-state index in [-0.39, 0.29) is 11.5 Å². The van der Waals surface area contributed by atoms with Crippen molar-refractivity contribution in [1.82, 2.24) is 4.90 Å². The van der Waals surface area contributed by atoms with Gasteiger partial charge in [0.05, 0.1) is 0 Å². The van der Waals surface area contributed by atoms with E-state index in [1.165, 1.54) is 11.5 Å². The third-order valence-electron chi connectivity index (χ3n) is 1.07. The SMILES string of the molecule is C=N/C(=C\S)C(=O)/C=C/N(C)C. The minimum Gasteiger partial charge on any atom is -0.383 e. The van der Waals surface area contributed by atoms with E-state index in [0.29, 0.717) is 0 Å². The fraction of sp³-hybridized carbons (Fsp3) is 0.250. The maximum absolute atomic E-state index is 11.1. The van der Waals surface area contributed by atoms with Crippen molar-refractivity contribution >= 4 is 25.1 Å². The maximum atomic E-state index is 11.1. The van der Waals surface area contributed by atoms with Crippen molar-refractivity contribution in [3.8, 4) is 0 Å². The zero-order valence-corrected chi connectivity index (χ0v) is 8.08. The number of hydrogen-bond donors (Lipinski definition) is 1. The van der Waals surface area contributed by atoms with Crippen LogP contribution in [0.25, 0.3) is 0 Å². The van der Waals surface area contributed by atoms with Crippen LogP contribution in [0.4, 0.5) is 0 Å². The minimum atomic E-state index is -0.200. The molecule has 0 unspecified atom stereocenters. The molecular formula is C8H12N2OS. The predicted octanol–water partition coefficient (Wildman–Crippen LogP) is 1.10. The molecule has 0 atom stereocenters. The van der Waals surface area contributed by atoms with Crippen LogP contribution < -0.4 is 0 Å². The molecule has 4 heteroatoms. The molecule has 0 aliphatic carbocycles. The summed E-state index contributed by atoms with van der Waals surface area (Å²) in [6.45, 7) is 3.24. The summed E-state index contributed by atoms with van der Waals surface area (Å²) < 4.78 is 0. The Hall–Kier alpha value is -1.03. The first-order valence-corrected chi connectivity index (χ1v) is 3.83. The number of rotatable bonds is 4. The zero-order valence-electron chi connectivity index (χ0n) is 7.19. The Bertz CT molecular complexity index is 231. The van der Waals surface area contributed by atoms with Gasteiger partial charge in [0.25, 0.3) is 0 Å².